The number of nitrogens with zero attached hydrogens (tertiary/aromatic N) is 1. The van der Waals surface area contributed by atoms with Gasteiger partial charge in [-0.15, -0.1) is 0 Å². The van der Waals surface area contributed by atoms with Crippen LogP contribution in [0.2, 0.25) is 5.02 Å². The lowest BCUT2D eigenvalue weighted by atomic mass is 9.95. The van der Waals surface area contributed by atoms with Gasteiger partial charge < -0.3 is 10.4 Å². The SMILES string of the molecule is N#C/C(=C/c1cc(Cl)ccc1O)C(=O)NC1CCCCC1. The van der Waals surface area contributed by atoms with Gasteiger partial charge in [-0.1, -0.05) is 30.9 Å². The number of benzene rings is 1. The molecule has 1 amide bonds. The highest BCUT2D eigenvalue weighted by Crippen LogP contribution is 2.24. The Morgan fingerprint density at radius 2 is 2.10 bits per heavy atom. The van der Waals surface area contributed by atoms with Gasteiger partial charge in [0.25, 0.3) is 5.91 Å². The van der Waals surface area contributed by atoms with Crippen LogP contribution in [0.1, 0.15) is 37.7 Å². The molecule has 1 aliphatic rings. The van der Waals surface area contributed by atoms with Gasteiger partial charge in [0.15, 0.2) is 0 Å². The van der Waals surface area contributed by atoms with Crippen molar-refractivity contribution < 1.29 is 9.90 Å². The lowest BCUT2D eigenvalue weighted by Crippen LogP contribution is -2.36. The van der Waals surface area contributed by atoms with Gasteiger partial charge in [0, 0.05) is 16.6 Å². The van der Waals surface area contributed by atoms with E-state index in [2.05, 4.69) is 5.32 Å². The van der Waals surface area contributed by atoms with E-state index >= 15 is 0 Å². The van der Waals surface area contributed by atoms with Crippen LogP contribution in [0.4, 0.5) is 0 Å². The highest BCUT2D eigenvalue weighted by molar-refractivity contribution is 6.30. The second kappa shape index (κ2) is 7.14. The summed E-state index contributed by atoms with van der Waals surface area (Å²) in [6.07, 6.45) is 6.67. The molecular weight excluding hydrogens is 288 g/mol. The maximum Gasteiger partial charge on any atom is 0.262 e. The number of phenols is 1. The van der Waals surface area contributed by atoms with Gasteiger partial charge in [-0.25, -0.2) is 0 Å². The summed E-state index contributed by atoms with van der Waals surface area (Å²) in [5.41, 5.74) is 0.330. The second-order valence-electron chi connectivity index (χ2n) is 5.18. The van der Waals surface area contributed by atoms with E-state index in [1.807, 2.05) is 6.07 Å². The molecule has 0 spiro atoms. The number of nitrogens with one attached hydrogen (secondary N) is 1. The first-order valence-corrected chi connectivity index (χ1v) is 7.39. The standard InChI is InChI=1S/C16H17ClN2O2/c17-13-6-7-15(20)11(9-13)8-12(10-18)16(21)19-14-4-2-1-3-5-14/h6-9,14,20H,1-5H2,(H,19,21)/b12-8-. The van der Waals surface area contributed by atoms with Crippen LogP contribution >= 0.6 is 11.6 Å². The maximum absolute atomic E-state index is 12.1. The molecule has 0 radical (unpaired) electrons. The molecule has 0 atom stereocenters. The summed E-state index contributed by atoms with van der Waals surface area (Å²) in [5.74, 6) is -0.415. The Bertz CT molecular complexity index is 599. The lowest BCUT2D eigenvalue weighted by molar-refractivity contribution is -0.117. The van der Waals surface area contributed by atoms with Crippen LogP contribution in [0.5, 0.6) is 5.75 Å². The molecule has 0 aliphatic heterocycles. The first-order chi connectivity index (χ1) is 10.1. The Hall–Kier alpha value is -1.99. The van der Waals surface area contributed by atoms with Crippen LogP contribution in [0, 0.1) is 11.3 Å². The zero-order chi connectivity index (χ0) is 15.2. The first-order valence-electron chi connectivity index (χ1n) is 7.01. The van der Waals surface area contributed by atoms with Crippen LogP contribution in [-0.2, 0) is 4.79 Å². The van der Waals surface area contributed by atoms with E-state index < -0.39 is 5.91 Å². The Morgan fingerprint density at radius 3 is 2.76 bits per heavy atom. The molecule has 2 N–H and O–H groups in total. The van der Waals surface area contributed by atoms with Crippen LogP contribution in [0.15, 0.2) is 23.8 Å². The fraction of sp³-hybridized carbons (Fsp3) is 0.375. The maximum atomic E-state index is 12.1. The number of hydrogen-bond donors (Lipinski definition) is 2. The average Bonchev–Trinajstić information content (AvgIpc) is 2.49. The van der Waals surface area contributed by atoms with E-state index in [1.54, 1.807) is 6.07 Å². The zero-order valence-corrected chi connectivity index (χ0v) is 12.4. The molecule has 0 saturated heterocycles. The lowest BCUT2D eigenvalue weighted by Gasteiger charge is -2.22. The molecule has 1 aliphatic carbocycles. The molecule has 0 heterocycles. The number of rotatable bonds is 3. The van der Waals surface area contributed by atoms with Crippen molar-refractivity contribution in [2.75, 3.05) is 0 Å². The molecule has 1 saturated carbocycles. The third-order valence-electron chi connectivity index (χ3n) is 3.59. The fourth-order valence-corrected chi connectivity index (χ4v) is 2.64. The predicted molar refractivity (Wildman–Crippen MR) is 81.7 cm³/mol. The quantitative estimate of drug-likeness (QED) is 0.664. The number of halogens is 1. The minimum absolute atomic E-state index is 0.0161. The van der Waals surface area contributed by atoms with Crippen molar-refractivity contribution in [2.45, 2.75) is 38.1 Å². The molecule has 0 bridgehead atoms. The smallest absolute Gasteiger partial charge is 0.262 e. The molecule has 110 valence electrons. The topological polar surface area (TPSA) is 73.1 Å². The summed E-state index contributed by atoms with van der Waals surface area (Å²) >= 11 is 5.85. The van der Waals surface area contributed by atoms with Crippen LogP contribution in [0.25, 0.3) is 6.08 Å². The third kappa shape index (κ3) is 4.24. The monoisotopic (exact) mass is 304 g/mol. The molecule has 1 aromatic rings. The third-order valence-corrected chi connectivity index (χ3v) is 3.83. The second-order valence-corrected chi connectivity index (χ2v) is 5.62. The summed E-state index contributed by atoms with van der Waals surface area (Å²) in [6.45, 7) is 0. The van der Waals surface area contributed by atoms with Gasteiger partial charge in [-0.05, 0) is 37.1 Å². The molecule has 1 fully saturated rings. The largest absolute Gasteiger partial charge is 0.507 e. The Kier molecular flexibility index (Phi) is 5.24. The molecular formula is C16H17ClN2O2. The summed E-state index contributed by atoms with van der Waals surface area (Å²) < 4.78 is 0. The molecule has 1 aromatic carbocycles. The first kappa shape index (κ1) is 15.4. The van der Waals surface area contributed by atoms with E-state index in [0.717, 1.165) is 25.7 Å². The summed E-state index contributed by atoms with van der Waals surface area (Å²) in [6, 6.07) is 6.51. The van der Waals surface area contributed by atoms with E-state index in [1.165, 1.54) is 24.6 Å². The minimum Gasteiger partial charge on any atom is -0.507 e. The highest BCUT2D eigenvalue weighted by Gasteiger charge is 2.18. The molecule has 4 nitrogen and oxygen atoms in total. The summed E-state index contributed by atoms with van der Waals surface area (Å²) in [5, 5.41) is 22.2. The van der Waals surface area contributed by atoms with Gasteiger partial charge in [0.05, 0.1) is 0 Å². The number of aromatic hydroxyl groups is 1. The van der Waals surface area contributed by atoms with E-state index in [-0.39, 0.29) is 17.4 Å². The molecule has 2 rings (SSSR count). The zero-order valence-electron chi connectivity index (χ0n) is 11.6. The van der Waals surface area contributed by atoms with Crippen molar-refractivity contribution in [2.24, 2.45) is 0 Å². The van der Waals surface area contributed by atoms with E-state index in [9.17, 15) is 9.90 Å². The Labute approximate surface area is 129 Å². The molecule has 21 heavy (non-hydrogen) atoms. The predicted octanol–water partition coefficient (Wildman–Crippen LogP) is 3.40. The average molecular weight is 305 g/mol. The Morgan fingerprint density at radius 1 is 1.38 bits per heavy atom. The van der Waals surface area contributed by atoms with Crippen LogP contribution < -0.4 is 5.32 Å². The van der Waals surface area contributed by atoms with Crippen LogP contribution in [0.3, 0.4) is 0 Å². The normalized spacial score (nSPS) is 16.3. The van der Waals surface area contributed by atoms with E-state index in [0.29, 0.717) is 10.6 Å². The molecule has 5 heteroatoms. The van der Waals surface area contributed by atoms with Crippen molar-refractivity contribution in [1.29, 1.82) is 5.26 Å². The van der Waals surface area contributed by atoms with Gasteiger partial charge in [-0.2, -0.15) is 5.26 Å². The summed E-state index contributed by atoms with van der Waals surface area (Å²) in [4.78, 5) is 12.1. The van der Waals surface area contributed by atoms with Crippen molar-refractivity contribution >= 4 is 23.6 Å². The van der Waals surface area contributed by atoms with Crippen molar-refractivity contribution in [3.05, 3.63) is 34.4 Å². The van der Waals surface area contributed by atoms with E-state index in [4.69, 9.17) is 16.9 Å². The van der Waals surface area contributed by atoms with Crippen molar-refractivity contribution in [3.8, 4) is 11.8 Å². The van der Waals surface area contributed by atoms with Crippen molar-refractivity contribution in [3.63, 3.8) is 0 Å². The number of nitriles is 1. The number of hydrogen-bond acceptors (Lipinski definition) is 3. The van der Waals surface area contributed by atoms with Gasteiger partial charge in [0.1, 0.15) is 17.4 Å². The number of amides is 1. The van der Waals surface area contributed by atoms with Gasteiger partial charge >= 0.3 is 0 Å². The molecule has 0 aromatic heterocycles. The number of carbonyl (C=O) groups excluding carboxylic acids is 1. The van der Waals surface area contributed by atoms with Crippen molar-refractivity contribution in [1.82, 2.24) is 5.32 Å². The highest BCUT2D eigenvalue weighted by atomic mass is 35.5. The molecule has 0 unspecified atom stereocenters. The van der Waals surface area contributed by atoms with Crippen LogP contribution in [-0.4, -0.2) is 17.1 Å². The van der Waals surface area contributed by atoms with Gasteiger partial charge in [-0.3, -0.25) is 4.79 Å². The number of carbonyl (C=O) groups is 1. The number of phenolic OH excluding ortho intramolecular Hbond substituents is 1. The van der Waals surface area contributed by atoms with Gasteiger partial charge in [0.2, 0.25) is 0 Å². The fourth-order valence-electron chi connectivity index (χ4n) is 2.46. The minimum atomic E-state index is -0.399. The summed E-state index contributed by atoms with van der Waals surface area (Å²) in [7, 11) is 0. The Balaban J connectivity index is 2.14.